The first-order valence-corrected chi connectivity index (χ1v) is 4.53. The average Bonchev–Trinajstić information content (AvgIpc) is 2.18. The molecule has 1 aromatic rings. The van der Waals surface area contributed by atoms with E-state index in [1.165, 1.54) is 0 Å². The minimum absolute atomic E-state index is 0.312. The van der Waals surface area contributed by atoms with Crippen LogP contribution in [0.25, 0.3) is 5.70 Å². The van der Waals surface area contributed by atoms with Gasteiger partial charge in [0.25, 0.3) is 0 Å². The highest BCUT2D eigenvalue weighted by molar-refractivity contribution is 5.73. The minimum atomic E-state index is -0.998. The van der Waals surface area contributed by atoms with E-state index < -0.39 is 12.0 Å². The predicted molar refractivity (Wildman–Crippen MR) is 59.0 cm³/mol. The summed E-state index contributed by atoms with van der Waals surface area (Å²) in [6.07, 6.45) is 0.312. The van der Waals surface area contributed by atoms with Crippen molar-refractivity contribution in [2.45, 2.75) is 12.5 Å². The largest absolute Gasteiger partial charge is 0.480 e. The van der Waals surface area contributed by atoms with Gasteiger partial charge in [-0.15, -0.1) is 0 Å². The summed E-state index contributed by atoms with van der Waals surface area (Å²) in [6.45, 7) is 3.60. The number of carboxylic acids is 1. The maximum absolute atomic E-state index is 10.5. The first kappa shape index (κ1) is 11.3. The Morgan fingerprint density at radius 3 is 2.33 bits per heavy atom. The molecule has 1 rings (SSSR count). The Hall–Kier alpha value is -1.81. The molecule has 0 aromatic heterocycles. The third-order valence-corrected chi connectivity index (χ3v) is 2.10. The molecule has 0 radical (unpaired) electrons. The minimum Gasteiger partial charge on any atom is -0.480 e. The van der Waals surface area contributed by atoms with Crippen molar-refractivity contribution in [3.63, 3.8) is 0 Å². The molecule has 0 bridgehead atoms. The van der Waals surface area contributed by atoms with E-state index in [-0.39, 0.29) is 0 Å². The smallest absolute Gasteiger partial charge is 0.320 e. The number of aliphatic carboxylic acids is 1. The molecule has 1 atom stereocenters. The fourth-order valence-electron chi connectivity index (χ4n) is 1.20. The van der Waals surface area contributed by atoms with Gasteiger partial charge >= 0.3 is 5.97 Å². The van der Waals surface area contributed by atoms with E-state index in [2.05, 4.69) is 6.58 Å². The molecular formula is C11H14N2O2. The van der Waals surface area contributed by atoms with Crippen LogP contribution >= 0.6 is 0 Å². The molecule has 0 aliphatic heterocycles. The second kappa shape index (κ2) is 4.61. The molecule has 80 valence electrons. The van der Waals surface area contributed by atoms with Crippen molar-refractivity contribution in [2.24, 2.45) is 11.5 Å². The van der Waals surface area contributed by atoms with Gasteiger partial charge in [-0.2, -0.15) is 0 Å². The van der Waals surface area contributed by atoms with Gasteiger partial charge < -0.3 is 16.6 Å². The zero-order valence-electron chi connectivity index (χ0n) is 8.31. The number of hydrogen-bond donors (Lipinski definition) is 3. The van der Waals surface area contributed by atoms with Crippen molar-refractivity contribution >= 4 is 11.7 Å². The summed E-state index contributed by atoms with van der Waals surface area (Å²) in [5.41, 5.74) is 13.1. The quantitative estimate of drug-likeness (QED) is 0.671. The normalized spacial score (nSPS) is 12.1. The Balaban J connectivity index is 2.72. The van der Waals surface area contributed by atoms with Gasteiger partial charge in [0, 0.05) is 5.70 Å². The van der Waals surface area contributed by atoms with Crippen LogP contribution in [0.15, 0.2) is 30.8 Å². The van der Waals surface area contributed by atoms with E-state index in [4.69, 9.17) is 16.6 Å². The van der Waals surface area contributed by atoms with Crippen LogP contribution in [-0.4, -0.2) is 17.1 Å². The van der Waals surface area contributed by atoms with Crippen molar-refractivity contribution < 1.29 is 9.90 Å². The van der Waals surface area contributed by atoms with Gasteiger partial charge in [-0.05, 0) is 17.5 Å². The van der Waals surface area contributed by atoms with Crippen molar-refractivity contribution in [2.75, 3.05) is 0 Å². The lowest BCUT2D eigenvalue weighted by Gasteiger charge is -2.07. The van der Waals surface area contributed by atoms with E-state index >= 15 is 0 Å². The highest BCUT2D eigenvalue weighted by Gasteiger charge is 2.11. The topological polar surface area (TPSA) is 89.3 Å². The molecule has 0 fully saturated rings. The predicted octanol–water partition coefficient (Wildman–Crippen LogP) is 0.570. The zero-order valence-corrected chi connectivity index (χ0v) is 8.31. The Kier molecular flexibility index (Phi) is 3.46. The highest BCUT2D eigenvalue weighted by Crippen LogP contribution is 2.10. The van der Waals surface area contributed by atoms with Crippen molar-refractivity contribution in [3.05, 3.63) is 42.0 Å². The van der Waals surface area contributed by atoms with Crippen LogP contribution in [0.4, 0.5) is 0 Å². The van der Waals surface area contributed by atoms with E-state index in [1.807, 2.05) is 0 Å². The number of carboxylic acid groups (broad SMARTS) is 1. The molecular weight excluding hydrogens is 192 g/mol. The van der Waals surface area contributed by atoms with Gasteiger partial charge in [0.15, 0.2) is 0 Å². The monoisotopic (exact) mass is 206 g/mol. The Morgan fingerprint density at radius 1 is 1.40 bits per heavy atom. The summed E-state index contributed by atoms with van der Waals surface area (Å²) >= 11 is 0. The summed E-state index contributed by atoms with van der Waals surface area (Å²) in [5, 5.41) is 8.63. The Morgan fingerprint density at radius 2 is 1.93 bits per heavy atom. The molecule has 1 aromatic carbocycles. The summed E-state index contributed by atoms with van der Waals surface area (Å²) in [5.74, 6) is -0.998. The molecule has 5 N–H and O–H groups in total. The number of hydrogen-bond acceptors (Lipinski definition) is 3. The molecule has 0 saturated heterocycles. The molecule has 0 aliphatic carbocycles. The van der Waals surface area contributed by atoms with Crippen molar-refractivity contribution in [1.29, 1.82) is 0 Å². The second-order valence-corrected chi connectivity index (χ2v) is 3.37. The molecule has 4 heteroatoms. The van der Waals surface area contributed by atoms with Gasteiger partial charge in [0.05, 0.1) is 0 Å². The number of carbonyl (C=O) groups is 1. The molecule has 0 saturated carbocycles. The molecule has 0 amide bonds. The number of rotatable bonds is 4. The lowest BCUT2D eigenvalue weighted by atomic mass is 10.0. The third-order valence-electron chi connectivity index (χ3n) is 2.10. The third kappa shape index (κ3) is 3.11. The van der Waals surface area contributed by atoms with Gasteiger partial charge in [0.2, 0.25) is 0 Å². The summed E-state index contributed by atoms with van der Waals surface area (Å²) in [4.78, 5) is 10.5. The molecule has 0 unspecified atom stereocenters. The van der Waals surface area contributed by atoms with E-state index in [9.17, 15) is 4.79 Å². The maximum atomic E-state index is 10.5. The van der Waals surface area contributed by atoms with Crippen LogP contribution in [0.1, 0.15) is 11.1 Å². The van der Waals surface area contributed by atoms with Crippen LogP contribution in [0, 0.1) is 0 Å². The van der Waals surface area contributed by atoms with Gasteiger partial charge in [-0.1, -0.05) is 30.8 Å². The molecule has 0 spiro atoms. The summed E-state index contributed by atoms with van der Waals surface area (Å²) in [7, 11) is 0. The van der Waals surface area contributed by atoms with Crippen LogP contribution in [0.3, 0.4) is 0 Å². The van der Waals surface area contributed by atoms with Crippen molar-refractivity contribution in [3.8, 4) is 0 Å². The average molecular weight is 206 g/mol. The maximum Gasteiger partial charge on any atom is 0.320 e. The zero-order chi connectivity index (χ0) is 11.4. The SMILES string of the molecule is C=C(N)c1ccc(C[C@H](N)C(=O)O)cc1. The standard InChI is InChI=1S/C11H14N2O2/c1-7(12)9-4-2-8(3-5-9)6-10(13)11(14)15/h2-5,10H,1,6,12-13H2,(H,14,15)/t10-/m0/s1. The second-order valence-electron chi connectivity index (χ2n) is 3.37. The van der Waals surface area contributed by atoms with E-state index in [0.717, 1.165) is 11.1 Å². The Bertz CT molecular complexity index is 371. The fraction of sp³-hybridized carbons (Fsp3) is 0.182. The molecule has 15 heavy (non-hydrogen) atoms. The van der Waals surface area contributed by atoms with Gasteiger partial charge in [-0.3, -0.25) is 4.79 Å². The van der Waals surface area contributed by atoms with Crippen LogP contribution in [0.5, 0.6) is 0 Å². The van der Waals surface area contributed by atoms with E-state index in [1.54, 1.807) is 24.3 Å². The van der Waals surface area contributed by atoms with Crippen LogP contribution in [-0.2, 0) is 11.2 Å². The molecule has 0 aliphatic rings. The van der Waals surface area contributed by atoms with Gasteiger partial charge in [-0.25, -0.2) is 0 Å². The van der Waals surface area contributed by atoms with E-state index in [0.29, 0.717) is 12.1 Å². The van der Waals surface area contributed by atoms with Crippen LogP contribution in [0.2, 0.25) is 0 Å². The summed E-state index contributed by atoms with van der Waals surface area (Å²) in [6, 6.07) is 6.34. The lowest BCUT2D eigenvalue weighted by molar-refractivity contribution is -0.138. The van der Waals surface area contributed by atoms with Crippen molar-refractivity contribution in [1.82, 2.24) is 0 Å². The Labute approximate surface area is 88.2 Å². The molecule has 4 nitrogen and oxygen atoms in total. The number of nitrogens with two attached hydrogens (primary N) is 2. The van der Waals surface area contributed by atoms with Crippen LogP contribution < -0.4 is 11.5 Å². The molecule has 0 heterocycles. The lowest BCUT2D eigenvalue weighted by Crippen LogP contribution is -2.32. The summed E-state index contributed by atoms with van der Waals surface area (Å²) < 4.78 is 0. The number of benzene rings is 1. The first-order chi connectivity index (χ1) is 7.00. The highest BCUT2D eigenvalue weighted by atomic mass is 16.4. The fourth-order valence-corrected chi connectivity index (χ4v) is 1.20. The van der Waals surface area contributed by atoms with Gasteiger partial charge in [0.1, 0.15) is 6.04 Å². The first-order valence-electron chi connectivity index (χ1n) is 4.53.